The second kappa shape index (κ2) is 10.2. The average Bonchev–Trinajstić information content (AvgIpc) is 2.61. The number of nitrogens with zero attached hydrogens (tertiary/aromatic N) is 2. The van der Waals surface area contributed by atoms with Crippen molar-refractivity contribution in [2.75, 3.05) is 32.0 Å². The topological polar surface area (TPSA) is 113 Å². The minimum Gasteiger partial charge on any atom is -0.337 e. The highest BCUT2D eigenvalue weighted by molar-refractivity contribution is 7.89. The Labute approximate surface area is 172 Å². The third-order valence-electron chi connectivity index (χ3n) is 4.81. The molecule has 1 aliphatic heterocycles. The second-order valence-corrected chi connectivity index (χ2v) is 9.12. The molecule has 2 rings (SSSR count). The molecule has 1 aliphatic rings. The van der Waals surface area contributed by atoms with Gasteiger partial charge in [-0.2, -0.15) is 4.31 Å². The molecule has 1 aromatic carbocycles. The number of hydrogen-bond donors (Lipinski definition) is 2. The van der Waals surface area contributed by atoms with Crippen LogP contribution in [0.5, 0.6) is 0 Å². The Morgan fingerprint density at radius 3 is 2.43 bits per heavy atom. The predicted molar refractivity (Wildman–Crippen MR) is 111 cm³/mol. The predicted octanol–water partition coefficient (Wildman–Crippen LogP) is 1.27. The molecular formula is C18H29ClN4O4S. The highest BCUT2D eigenvalue weighted by Crippen LogP contribution is 2.23. The van der Waals surface area contributed by atoms with Crippen LogP contribution < -0.4 is 11.1 Å². The Bertz CT molecular complexity index is 785. The van der Waals surface area contributed by atoms with Gasteiger partial charge in [-0.05, 0) is 43.0 Å². The summed E-state index contributed by atoms with van der Waals surface area (Å²) < 4.78 is 26.5. The molecule has 1 saturated heterocycles. The van der Waals surface area contributed by atoms with Gasteiger partial charge in [0.25, 0.3) is 0 Å². The third-order valence-corrected chi connectivity index (χ3v) is 6.63. The van der Waals surface area contributed by atoms with Gasteiger partial charge in [-0.1, -0.05) is 6.92 Å². The van der Waals surface area contributed by atoms with E-state index in [4.69, 9.17) is 5.73 Å². The maximum atomic E-state index is 12.7. The molecule has 2 atom stereocenters. The lowest BCUT2D eigenvalue weighted by Gasteiger charge is -2.38. The first-order chi connectivity index (χ1) is 12.6. The van der Waals surface area contributed by atoms with Gasteiger partial charge in [-0.25, -0.2) is 8.42 Å². The van der Waals surface area contributed by atoms with E-state index in [1.807, 2.05) is 0 Å². The van der Waals surface area contributed by atoms with Crippen LogP contribution >= 0.6 is 12.4 Å². The quantitative estimate of drug-likeness (QED) is 0.702. The Balaban J connectivity index is 0.00000392. The molecule has 2 amide bonds. The van der Waals surface area contributed by atoms with Gasteiger partial charge in [0.05, 0.1) is 11.4 Å². The molecule has 2 unspecified atom stereocenters. The van der Waals surface area contributed by atoms with Crippen LogP contribution in [0.15, 0.2) is 29.2 Å². The number of anilines is 1. The largest absolute Gasteiger partial charge is 0.337 e. The molecule has 0 aromatic heterocycles. The summed E-state index contributed by atoms with van der Waals surface area (Å²) in [4.78, 5) is 25.5. The molecule has 1 aromatic rings. The van der Waals surface area contributed by atoms with Gasteiger partial charge in [0, 0.05) is 38.8 Å². The molecule has 0 bridgehead atoms. The number of amides is 2. The number of likely N-dealkylation sites (tertiary alicyclic amines) is 1. The van der Waals surface area contributed by atoms with Crippen LogP contribution in [0.3, 0.4) is 0 Å². The van der Waals surface area contributed by atoms with Crippen LogP contribution in [0, 0.1) is 5.92 Å². The van der Waals surface area contributed by atoms with Gasteiger partial charge in [0.15, 0.2) is 0 Å². The molecule has 1 heterocycles. The minimum absolute atomic E-state index is 0. The maximum Gasteiger partial charge on any atom is 0.243 e. The summed E-state index contributed by atoms with van der Waals surface area (Å²) in [6, 6.07) is 5.80. The van der Waals surface area contributed by atoms with Gasteiger partial charge in [0.1, 0.15) is 0 Å². The van der Waals surface area contributed by atoms with Crippen molar-refractivity contribution in [2.45, 2.75) is 37.6 Å². The molecular weight excluding hydrogens is 404 g/mol. The van der Waals surface area contributed by atoms with Crippen molar-refractivity contribution in [2.24, 2.45) is 11.7 Å². The molecule has 1 fully saturated rings. The number of benzene rings is 1. The van der Waals surface area contributed by atoms with Crippen molar-refractivity contribution < 1.29 is 18.0 Å². The standard InChI is InChI=1S/C18H28N4O4S.ClH/c1-13-8-9-22(16(10-13)11-19)18(24)12-21(3)27(25,26)17-6-4-15(5-7-17)20-14(2)23;/h4-7,13,16H,8-12,19H2,1-3H3,(H,20,23);1H. The smallest absolute Gasteiger partial charge is 0.243 e. The van der Waals surface area contributed by atoms with Crippen molar-refractivity contribution in [1.82, 2.24) is 9.21 Å². The van der Waals surface area contributed by atoms with Crippen molar-refractivity contribution in [3.63, 3.8) is 0 Å². The normalized spacial score (nSPS) is 19.8. The number of carbonyl (C=O) groups is 2. The summed E-state index contributed by atoms with van der Waals surface area (Å²) in [5.41, 5.74) is 6.30. The Morgan fingerprint density at radius 2 is 1.89 bits per heavy atom. The minimum atomic E-state index is -3.81. The van der Waals surface area contributed by atoms with Crippen molar-refractivity contribution in [3.8, 4) is 0 Å². The van der Waals surface area contributed by atoms with Gasteiger partial charge >= 0.3 is 0 Å². The summed E-state index contributed by atoms with van der Waals surface area (Å²) >= 11 is 0. The molecule has 0 saturated carbocycles. The summed E-state index contributed by atoms with van der Waals surface area (Å²) in [6.07, 6.45) is 1.73. The van der Waals surface area contributed by atoms with E-state index in [0.29, 0.717) is 24.7 Å². The number of likely N-dealkylation sites (N-methyl/N-ethyl adjacent to an activating group) is 1. The molecule has 0 aliphatic carbocycles. The fraction of sp³-hybridized carbons (Fsp3) is 0.556. The number of nitrogens with one attached hydrogen (secondary N) is 1. The van der Waals surface area contributed by atoms with E-state index in [2.05, 4.69) is 12.2 Å². The van der Waals surface area contributed by atoms with Gasteiger partial charge in [0.2, 0.25) is 21.8 Å². The molecule has 8 nitrogen and oxygen atoms in total. The number of piperidine rings is 1. The van der Waals surface area contributed by atoms with Crippen LogP contribution in [-0.2, 0) is 19.6 Å². The number of carbonyl (C=O) groups excluding carboxylic acids is 2. The summed E-state index contributed by atoms with van der Waals surface area (Å²) in [5, 5.41) is 2.58. The molecule has 0 spiro atoms. The van der Waals surface area contributed by atoms with Crippen LogP contribution in [0.1, 0.15) is 26.7 Å². The van der Waals surface area contributed by atoms with Gasteiger partial charge < -0.3 is 16.0 Å². The number of rotatable bonds is 6. The number of hydrogen-bond acceptors (Lipinski definition) is 5. The fourth-order valence-electron chi connectivity index (χ4n) is 3.26. The molecule has 0 radical (unpaired) electrons. The second-order valence-electron chi connectivity index (χ2n) is 7.07. The lowest BCUT2D eigenvalue weighted by atomic mass is 9.92. The SMILES string of the molecule is CC(=O)Nc1ccc(S(=O)(=O)N(C)CC(=O)N2CCC(C)CC2CN)cc1.Cl. The molecule has 10 heteroatoms. The number of nitrogens with two attached hydrogens (primary N) is 1. The Kier molecular flexibility index (Phi) is 8.87. The zero-order chi connectivity index (χ0) is 20.2. The molecule has 28 heavy (non-hydrogen) atoms. The first kappa shape index (κ1) is 24.4. The van der Waals surface area contributed by atoms with E-state index in [-0.39, 0.29) is 41.7 Å². The Hall–Kier alpha value is -1.68. The van der Waals surface area contributed by atoms with E-state index < -0.39 is 10.0 Å². The number of sulfonamides is 1. The zero-order valence-electron chi connectivity index (χ0n) is 16.4. The summed E-state index contributed by atoms with van der Waals surface area (Å²) in [5.74, 6) is 0.0307. The third kappa shape index (κ3) is 5.91. The lowest BCUT2D eigenvalue weighted by molar-refractivity contribution is -0.135. The molecule has 3 N–H and O–H groups in total. The average molecular weight is 433 g/mol. The molecule has 158 valence electrons. The van der Waals surface area contributed by atoms with E-state index in [0.717, 1.165) is 17.1 Å². The Morgan fingerprint density at radius 1 is 1.29 bits per heavy atom. The van der Waals surface area contributed by atoms with Gasteiger partial charge in [-0.3, -0.25) is 9.59 Å². The van der Waals surface area contributed by atoms with E-state index in [1.54, 1.807) is 4.90 Å². The highest BCUT2D eigenvalue weighted by Gasteiger charge is 2.31. The van der Waals surface area contributed by atoms with Crippen LogP contribution in [0.25, 0.3) is 0 Å². The highest BCUT2D eigenvalue weighted by atomic mass is 35.5. The maximum absolute atomic E-state index is 12.7. The van der Waals surface area contributed by atoms with Crippen molar-refractivity contribution in [1.29, 1.82) is 0 Å². The summed E-state index contributed by atoms with van der Waals surface area (Å²) in [6.45, 7) is 4.24. The summed E-state index contributed by atoms with van der Waals surface area (Å²) in [7, 11) is -2.42. The first-order valence-corrected chi connectivity index (χ1v) is 10.4. The van der Waals surface area contributed by atoms with Crippen LogP contribution in [0.4, 0.5) is 5.69 Å². The van der Waals surface area contributed by atoms with Gasteiger partial charge in [-0.15, -0.1) is 12.4 Å². The van der Waals surface area contributed by atoms with E-state index >= 15 is 0 Å². The number of halogens is 1. The van der Waals surface area contributed by atoms with E-state index in [1.165, 1.54) is 38.2 Å². The zero-order valence-corrected chi connectivity index (χ0v) is 18.1. The van der Waals surface area contributed by atoms with Crippen LogP contribution in [0.2, 0.25) is 0 Å². The van der Waals surface area contributed by atoms with Crippen molar-refractivity contribution in [3.05, 3.63) is 24.3 Å². The fourth-order valence-corrected chi connectivity index (χ4v) is 4.38. The first-order valence-electron chi connectivity index (χ1n) is 8.98. The van der Waals surface area contributed by atoms with Crippen LogP contribution in [-0.4, -0.2) is 62.2 Å². The lowest BCUT2D eigenvalue weighted by Crippen LogP contribution is -2.52. The van der Waals surface area contributed by atoms with Crippen molar-refractivity contribution >= 4 is 39.9 Å². The monoisotopic (exact) mass is 432 g/mol. The van der Waals surface area contributed by atoms with E-state index in [9.17, 15) is 18.0 Å².